The quantitative estimate of drug-likeness (QED) is 0.715. The molecule has 1 heterocycles. The standard InChI is InChI=1S/C19H17F3N4O2/c1-12-4-3-5-15(8-12)28-13(2)18(27)25-16-9-14(19(20,21)22)6-7-17(16)26-11-23-10-24-26/h3-11,13H,1-2H3,(H,25,27)/t13-/m0/s1. The monoisotopic (exact) mass is 390 g/mol. The van der Waals surface area contributed by atoms with Crippen LogP contribution in [0.3, 0.4) is 0 Å². The van der Waals surface area contributed by atoms with Gasteiger partial charge in [0.15, 0.2) is 6.10 Å². The highest BCUT2D eigenvalue weighted by Gasteiger charge is 2.31. The van der Waals surface area contributed by atoms with Crippen LogP contribution in [-0.4, -0.2) is 26.8 Å². The maximum absolute atomic E-state index is 13.1. The average Bonchev–Trinajstić information content (AvgIpc) is 3.15. The zero-order chi connectivity index (χ0) is 20.3. The van der Waals surface area contributed by atoms with E-state index in [1.165, 1.54) is 30.3 Å². The molecule has 0 bridgehead atoms. The summed E-state index contributed by atoms with van der Waals surface area (Å²) in [5.74, 6) is -0.106. The molecule has 28 heavy (non-hydrogen) atoms. The number of amides is 1. The second-order valence-electron chi connectivity index (χ2n) is 6.14. The van der Waals surface area contributed by atoms with Gasteiger partial charge in [-0.1, -0.05) is 12.1 Å². The lowest BCUT2D eigenvalue weighted by atomic mass is 10.1. The zero-order valence-electron chi connectivity index (χ0n) is 15.1. The van der Waals surface area contributed by atoms with Crippen LogP contribution in [0.25, 0.3) is 5.69 Å². The third-order valence-electron chi connectivity index (χ3n) is 3.92. The summed E-state index contributed by atoms with van der Waals surface area (Å²) in [7, 11) is 0. The number of carbonyl (C=O) groups excluding carboxylic acids is 1. The molecule has 3 aromatic rings. The number of ether oxygens (including phenoxy) is 1. The summed E-state index contributed by atoms with van der Waals surface area (Å²) in [6.45, 7) is 3.39. The van der Waals surface area contributed by atoms with Crippen molar-refractivity contribution in [1.29, 1.82) is 0 Å². The number of halogens is 3. The molecule has 0 saturated heterocycles. The highest BCUT2D eigenvalue weighted by atomic mass is 19.4. The Labute approximate surface area is 159 Å². The SMILES string of the molecule is Cc1cccc(O[C@@H](C)C(=O)Nc2cc(C(F)(F)F)ccc2-n2cncn2)c1. The summed E-state index contributed by atoms with van der Waals surface area (Å²) >= 11 is 0. The van der Waals surface area contributed by atoms with E-state index in [-0.39, 0.29) is 11.4 Å². The van der Waals surface area contributed by atoms with Crippen molar-refractivity contribution in [2.75, 3.05) is 5.32 Å². The van der Waals surface area contributed by atoms with Crippen LogP contribution in [0.15, 0.2) is 55.1 Å². The van der Waals surface area contributed by atoms with Crippen molar-refractivity contribution in [2.24, 2.45) is 0 Å². The second kappa shape index (κ2) is 7.71. The van der Waals surface area contributed by atoms with Crippen molar-refractivity contribution >= 4 is 11.6 Å². The van der Waals surface area contributed by atoms with Crippen LogP contribution in [-0.2, 0) is 11.0 Å². The molecule has 146 valence electrons. The van der Waals surface area contributed by atoms with Gasteiger partial charge in [0.25, 0.3) is 5.91 Å². The molecule has 0 aliphatic carbocycles. The van der Waals surface area contributed by atoms with Crippen LogP contribution in [0.5, 0.6) is 5.75 Å². The van der Waals surface area contributed by atoms with Gasteiger partial charge in [0.1, 0.15) is 18.4 Å². The molecule has 0 saturated carbocycles. The molecule has 2 aromatic carbocycles. The van der Waals surface area contributed by atoms with E-state index >= 15 is 0 Å². The van der Waals surface area contributed by atoms with Crippen molar-refractivity contribution in [3.8, 4) is 11.4 Å². The van der Waals surface area contributed by atoms with Crippen LogP contribution in [0.2, 0.25) is 0 Å². The lowest BCUT2D eigenvalue weighted by molar-refractivity contribution is -0.137. The molecular formula is C19H17F3N4O2. The number of carbonyl (C=O) groups is 1. The minimum atomic E-state index is -4.55. The fraction of sp³-hybridized carbons (Fsp3) is 0.211. The first kappa shape index (κ1) is 19.4. The predicted octanol–water partition coefficient (Wildman–Crippen LogP) is 4.00. The van der Waals surface area contributed by atoms with E-state index in [0.29, 0.717) is 5.75 Å². The van der Waals surface area contributed by atoms with E-state index in [2.05, 4.69) is 15.4 Å². The Bertz CT molecular complexity index is 972. The van der Waals surface area contributed by atoms with E-state index in [1.807, 2.05) is 13.0 Å². The highest BCUT2D eigenvalue weighted by molar-refractivity contribution is 5.96. The van der Waals surface area contributed by atoms with Crippen molar-refractivity contribution < 1.29 is 22.7 Å². The molecule has 0 unspecified atom stereocenters. The molecule has 9 heteroatoms. The number of aryl methyl sites for hydroxylation is 1. The van der Waals surface area contributed by atoms with Crippen LogP contribution >= 0.6 is 0 Å². The van der Waals surface area contributed by atoms with Gasteiger partial charge in [-0.05, 0) is 49.7 Å². The number of anilines is 1. The van der Waals surface area contributed by atoms with E-state index in [9.17, 15) is 18.0 Å². The fourth-order valence-corrected chi connectivity index (χ4v) is 2.53. The molecule has 0 aliphatic heterocycles. The van der Waals surface area contributed by atoms with E-state index in [0.717, 1.165) is 17.7 Å². The molecule has 0 aliphatic rings. The van der Waals surface area contributed by atoms with Gasteiger partial charge in [0.05, 0.1) is 16.9 Å². The van der Waals surface area contributed by atoms with Crippen LogP contribution < -0.4 is 10.1 Å². The third-order valence-corrected chi connectivity index (χ3v) is 3.92. The number of hydrogen-bond donors (Lipinski definition) is 1. The smallest absolute Gasteiger partial charge is 0.416 e. The first-order valence-corrected chi connectivity index (χ1v) is 8.34. The molecule has 0 radical (unpaired) electrons. The molecule has 6 nitrogen and oxygen atoms in total. The lowest BCUT2D eigenvalue weighted by Crippen LogP contribution is -2.30. The van der Waals surface area contributed by atoms with Crippen LogP contribution in [0.1, 0.15) is 18.1 Å². The normalized spacial score (nSPS) is 12.5. The Morgan fingerprint density at radius 1 is 1.21 bits per heavy atom. The summed E-state index contributed by atoms with van der Waals surface area (Å²) in [6, 6.07) is 10.1. The first-order chi connectivity index (χ1) is 13.2. The molecule has 1 atom stereocenters. The summed E-state index contributed by atoms with van der Waals surface area (Å²) in [4.78, 5) is 16.3. The van der Waals surface area contributed by atoms with Crippen LogP contribution in [0.4, 0.5) is 18.9 Å². The van der Waals surface area contributed by atoms with Crippen molar-refractivity contribution in [3.05, 3.63) is 66.2 Å². The Kier molecular flexibility index (Phi) is 5.34. The van der Waals surface area contributed by atoms with Crippen molar-refractivity contribution in [2.45, 2.75) is 26.1 Å². The molecular weight excluding hydrogens is 373 g/mol. The van der Waals surface area contributed by atoms with Gasteiger partial charge >= 0.3 is 6.18 Å². The van der Waals surface area contributed by atoms with Gasteiger partial charge in [0.2, 0.25) is 0 Å². The predicted molar refractivity (Wildman–Crippen MR) is 96.3 cm³/mol. The average molecular weight is 390 g/mol. The van der Waals surface area contributed by atoms with E-state index < -0.39 is 23.8 Å². The zero-order valence-corrected chi connectivity index (χ0v) is 15.1. The number of alkyl halides is 3. The Morgan fingerprint density at radius 3 is 2.64 bits per heavy atom. The van der Waals surface area contributed by atoms with Gasteiger partial charge in [0, 0.05) is 0 Å². The number of nitrogens with zero attached hydrogens (tertiary/aromatic N) is 3. The molecule has 3 rings (SSSR count). The van der Waals surface area contributed by atoms with Gasteiger partial charge in [-0.2, -0.15) is 18.3 Å². The largest absolute Gasteiger partial charge is 0.481 e. The number of nitrogens with one attached hydrogen (secondary N) is 1. The molecule has 1 N–H and O–H groups in total. The minimum absolute atomic E-state index is 0.0509. The summed E-state index contributed by atoms with van der Waals surface area (Å²) in [6.07, 6.45) is -2.92. The highest BCUT2D eigenvalue weighted by Crippen LogP contribution is 2.33. The van der Waals surface area contributed by atoms with E-state index in [4.69, 9.17) is 4.74 Å². The summed E-state index contributed by atoms with van der Waals surface area (Å²) < 4.78 is 46.1. The molecule has 1 amide bonds. The Balaban J connectivity index is 1.85. The summed E-state index contributed by atoms with van der Waals surface area (Å²) in [5.41, 5.74) is 0.266. The number of rotatable bonds is 5. The van der Waals surface area contributed by atoms with Gasteiger partial charge in [-0.3, -0.25) is 4.79 Å². The number of aromatic nitrogens is 3. The fourth-order valence-electron chi connectivity index (χ4n) is 2.53. The topological polar surface area (TPSA) is 69.0 Å². The minimum Gasteiger partial charge on any atom is -0.481 e. The first-order valence-electron chi connectivity index (χ1n) is 8.34. The molecule has 0 fully saturated rings. The van der Waals surface area contributed by atoms with E-state index in [1.54, 1.807) is 18.2 Å². The van der Waals surface area contributed by atoms with Gasteiger partial charge in [-0.15, -0.1) is 0 Å². The third kappa shape index (κ3) is 4.48. The van der Waals surface area contributed by atoms with Gasteiger partial charge < -0.3 is 10.1 Å². The maximum Gasteiger partial charge on any atom is 0.416 e. The Morgan fingerprint density at radius 2 is 2.00 bits per heavy atom. The number of hydrogen-bond acceptors (Lipinski definition) is 4. The second-order valence-corrected chi connectivity index (χ2v) is 6.14. The number of benzene rings is 2. The summed E-state index contributed by atoms with van der Waals surface area (Å²) in [5, 5.41) is 6.40. The van der Waals surface area contributed by atoms with Crippen molar-refractivity contribution in [1.82, 2.24) is 14.8 Å². The van der Waals surface area contributed by atoms with Gasteiger partial charge in [-0.25, -0.2) is 9.67 Å². The molecule has 1 aromatic heterocycles. The lowest BCUT2D eigenvalue weighted by Gasteiger charge is -2.18. The van der Waals surface area contributed by atoms with Crippen molar-refractivity contribution in [3.63, 3.8) is 0 Å². The maximum atomic E-state index is 13.1. The Hall–Kier alpha value is -3.36. The van der Waals surface area contributed by atoms with Crippen LogP contribution in [0, 0.1) is 6.92 Å². The molecule has 0 spiro atoms.